The average molecular weight is 332 g/mol. The molecule has 0 fully saturated rings. The van der Waals surface area contributed by atoms with E-state index in [0.717, 1.165) is 10.9 Å². The summed E-state index contributed by atoms with van der Waals surface area (Å²) in [6.07, 6.45) is 2.01. The van der Waals surface area contributed by atoms with E-state index in [0.29, 0.717) is 18.4 Å². The zero-order chi connectivity index (χ0) is 18.1. The molecular formula is C18H24N2O4. The highest BCUT2D eigenvalue weighted by atomic mass is 16.6. The quantitative estimate of drug-likeness (QED) is 0.937. The SMILES string of the molecule is CN(C)C(=O)CCc1cn(C(=O)OC(C)(C)C)c2ccc(O)cc12. The van der Waals surface area contributed by atoms with Gasteiger partial charge in [-0.2, -0.15) is 0 Å². The molecule has 1 N–H and O–H groups in total. The smallest absolute Gasteiger partial charge is 0.419 e. The van der Waals surface area contributed by atoms with E-state index in [-0.39, 0.29) is 11.7 Å². The number of phenolic OH excluding ortho intramolecular Hbond substituents is 1. The lowest BCUT2D eigenvalue weighted by atomic mass is 10.1. The number of aromatic hydroxyl groups is 1. The molecule has 24 heavy (non-hydrogen) atoms. The number of nitrogens with zero attached hydrogens (tertiary/aromatic N) is 2. The molecule has 1 aromatic heterocycles. The van der Waals surface area contributed by atoms with Crippen LogP contribution >= 0.6 is 0 Å². The summed E-state index contributed by atoms with van der Waals surface area (Å²) in [7, 11) is 3.41. The maximum absolute atomic E-state index is 12.4. The lowest BCUT2D eigenvalue weighted by Gasteiger charge is -2.19. The number of carbonyl (C=O) groups is 2. The fourth-order valence-corrected chi connectivity index (χ4v) is 2.41. The Bertz CT molecular complexity index is 769. The molecule has 6 nitrogen and oxygen atoms in total. The van der Waals surface area contributed by atoms with Crippen LogP contribution in [0.2, 0.25) is 0 Å². The molecule has 0 spiro atoms. The molecule has 1 aromatic carbocycles. The minimum Gasteiger partial charge on any atom is -0.508 e. The van der Waals surface area contributed by atoms with Crippen LogP contribution in [0.5, 0.6) is 5.75 Å². The number of aryl methyl sites for hydroxylation is 1. The topological polar surface area (TPSA) is 71.8 Å². The molecule has 0 aliphatic rings. The van der Waals surface area contributed by atoms with E-state index in [4.69, 9.17) is 4.74 Å². The second kappa shape index (κ2) is 6.55. The summed E-state index contributed by atoms with van der Waals surface area (Å²) in [6, 6.07) is 4.80. The molecule has 0 aliphatic carbocycles. The molecule has 0 radical (unpaired) electrons. The maximum atomic E-state index is 12.4. The van der Waals surface area contributed by atoms with Crippen LogP contribution in [0, 0.1) is 0 Å². The Labute approximate surface area is 141 Å². The minimum atomic E-state index is -0.606. The number of carbonyl (C=O) groups excluding carboxylic acids is 2. The predicted molar refractivity (Wildman–Crippen MR) is 92.2 cm³/mol. The van der Waals surface area contributed by atoms with Crippen LogP contribution in [-0.4, -0.2) is 46.3 Å². The van der Waals surface area contributed by atoms with E-state index in [9.17, 15) is 14.7 Å². The second-order valence-electron chi connectivity index (χ2n) is 6.99. The van der Waals surface area contributed by atoms with Gasteiger partial charge in [-0.25, -0.2) is 4.79 Å². The first kappa shape index (κ1) is 17.8. The van der Waals surface area contributed by atoms with E-state index in [2.05, 4.69) is 0 Å². The summed E-state index contributed by atoms with van der Waals surface area (Å²) < 4.78 is 6.85. The van der Waals surface area contributed by atoms with Crippen LogP contribution < -0.4 is 0 Å². The highest BCUT2D eigenvalue weighted by Gasteiger charge is 2.21. The van der Waals surface area contributed by atoms with Crippen LogP contribution in [0.15, 0.2) is 24.4 Å². The number of aromatic nitrogens is 1. The number of phenols is 1. The van der Waals surface area contributed by atoms with Crippen molar-refractivity contribution >= 4 is 22.9 Å². The van der Waals surface area contributed by atoms with Crippen molar-refractivity contribution in [3.8, 4) is 5.75 Å². The molecule has 1 amide bonds. The Hall–Kier alpha value is -2.50. The monoisotopic (exact) mass is 332 g/mol. The summed E-state index contributed by atoms with van der Waals surface area (Å²) in [5.41, 5.74) is 0.863. The van der Waals surface area contributed by atoms with Crippen LogP contribution in [0.4, 0.5) is 4.79 Å². The maximum Gasteiger partial charge on any atom is 0.419 e. The molecule has 6 heteroatoms. The Balaban J connectivity index is 2.39. The number of fused-ring (bicyclic) bond motifs is 1. The van der Waals surface area contributed by atoms with Crippen molar-refractivity contribution in [3.63, 3.8) is 0 Å². The number of hydrogen-bond donors (Lipinski definition) is 1. The van der Waals surface area contributed by atoms with Gasteiger partial charge in [-0.3, -0.25) is 9.36 Å². The highest BCUT2D eigenvalue weighted by molar-refractivity contribution is 5.93. The van der Waals surface area contributed by atoms with Gasteiger partial charge in [0.25, 0.3) is 0 Å². The van der Waals surface area contributed by atoms with E-state index >= 15 is 0 Å². The molecular weight excluding hydrogens is 308 g/mol. The molecule has 2 aromatic rings. The van der Waals surface area contributed by atoms with Crippen LogP contribution in [-0.2, 0) is 16.0 Å². The lowest BCUT2D eigenvalue weighted by molar-refractivity contribution is -0.128. The minimum absolute atomic E-state index is 0.00770. The number of amides is 1. The molecule has 2 rings (SSSR count). The number of hydrogen-bond acceptors (Lipinski definition) is 4. The summed E-state index contributed by atoms with van der Waals surface area (Å²) in [4.78, 5) is 25.8. The third-order valence-corrected chi connectivity index (χ3v) is 3.57. The zero-order valence-electron chi connectivity index (χ0n) is 14.8. The van der Waals surface area contributed by atoms with Gasteiger partial charge in [-0.1, -0.05) is 0 Å². The average Bonchev–Trinajstić information content (AvgIpc) is 2.80. The van der Waals surface area contributed by atoms with E-state index in [1.54, 1.807) is 53.2 Å². The Morgan fingerprint density at radius 1 is 1.25 bits per heavy atom. The fourth-order valence-electron chi connectivity index (χ4n) is 2.41. The van der Waals surface area contributed by atoms with Crippen molar-refractivity contribution in [1.82, 2.24) is 9.47 Å². The van der Waals surface area contributed by atoms with Gasteiger partial charge in [0.2, 0.25) is 5.91 Å². The third kappa shape index (κ3) is 4.07. The Kier molecular flexibility index (Phi) is 4.87. The van der Waals surface area contributed by atoms with Crippen molar-refractivity contribution in [2.75, 3.05) is 14.1 Å². The number of benzene rings is 1. The second-order valence-corrected chi connectivity index (χ2v) is 6.99. The zero-order valence-corrected chi connectivity index (χ0v) is 14.8. The first-order valence-corrected chi connectivity index (χ1v) is 7.85. The Morgan fingerprint density at radius 2 is 1.92 bits per heavy atom. The first-order chi connectivity index (χ1) is 11.1. The van der Waals surface area contributed by atoms with E-state index in [1.165, 1.54) is 15.5 Å². The molecule has 1 heterocycles. The van der Waals surface area contributed by atoms with Gasteiger partial charge >= 0.3 is 6.09 Å². The van der Waals surface area contributed by atoms with Crippen LogP contribution in [0.3, 0.4) is 0 Å². The largest absolute Gasteiger partial charge is 0.508 e. The fraction of sp³-hybridized carbons (Fsp3) is 0.444. The van der Waals surface area contributed by atoms with Gasteiger partial charge in [-0.05, 0) is 51.0 Å². The van der Waals surface area contributed by atoms with E-state index in [1.807, 2.05) is 0 Å². The molecule has 0 aliphatic heterocycles. The Morgan fingerprint density at radius 3 is 2.50 bits per heavy atom. The van der Waals surface area contributed by atoms with Gasteiger partial charge in [0.05, 0.1) is 5.52 Å². The van der Waals surface area contributed by atoms with Crippen molar-refractivity contribution in [1.29, 1.82) is 0 Å². The van der Waals surface area contributed by atoms with Crippen molar-refractivity contribution in [2.24, 2.45) is 0 Å². The lowest BCUT2D eigenvalue weighted by Crippen LogP contribution is -2.26. The van der Waals surface area contributed by atoms with Crippen molar-refractivity contribution in [3.05, 3.63) is 30.0 Å². The molecule has 0 unspecified atom stereocenters. The molecule has 130 valence electrons. The van der Waals surface area contributed by atoms with Crippen LogP contribution in [0.1, 0.15) is 32.8 Å². The normalized spacial score (nSPS) is 11.5. The summed E-state index contributed by atoms with van der Waals surface area (Å²) in [6.45, 7) is 5.41. The number of rotatable bonds is 3. The molecule has 0 atom stereocenters. The summed E-state index contributed by atoms with van der Waals surface area (Å²) in [5, 5.41) is 10.5. The van der Waals surface area contributed by atoms with Gasteiger partial charge in [-0.15, -0.1) is 0 Å². The van der Waals surface area contributed by atoms with E-state index < -0.39 is 11.7 Å². The third-order valence-electron chi connectivity index (χ3n) is 3.57. The highest BCUT2D eigenvalue weighted by Crippen LogP contribution is 2.27. The van der Waals surface area contributed by atoms with Gasteiger partial charge in [0.1, 0.15) is 11.4 Å². The molecule has 0 saturated carbocycles. The molecule has 0 saturated heterocycles. The van der Waals surface area contributed by atoms with Gasteiger partial charge < -0.3 is 14.7 Å². The first-order valence-electron chi connectivity index (χ1n) is 7.85. The van der Waals surface area contributed by atoms with Crippen molar-refractivity contribution < 1.29 is 19.4 Å². The van der Waals surface area contributed by atoms with Gasteiger partial charge in [0.15, 0.2) is 0 Å². The standard InChI is InChI=1S/C18H24N2O4/c1-18(2,3)24-17(23)20-11-12(6-9-16(22)19(4)5)14-10-13(21)7-8-15(14)20/h7-8,10-11,21H,6,9H2,1-5H3. The van der Waals surface area contributed by atoms with Crippen molar-refractivity contribution in [2.45, 2.75) is 39.2 Å². The summed E-state index contributed by atoms with van der Waals surface area (Å²) in [5.74, 6) is 0.123. The summed E-state index contributed by atoms with van der Waals surface area (Å²) >= 11 is 0. The van der Waals surface area contributed by atoms with Gasteiger partial charge in [0, 0.05) is 32.1 Å². The molecule has 0 bridgehead atoms. The number of ether oxygens (including phenoxy) is 1. The predicted octanol–water partition coefficient (Wildman–Crippen LogP) is 3.15. The van der Waals surface area contributed by atoms with Crippen LogP contribution in [0.25, 0.3) is 10.9 Å².